The van der Waals surface area contributed by atoms with Crippen LogP contribution in [0.4, 0.5) is 5.69 Å². The van der Waals surface area contributed by atoms with Gasteiger partial charge in [-0.2, -0.15) is 0 Å². The fourth-order valence-corrected chi connectivity index (χ4v) is 1.84. The standard InChI is InChI=1S/C17H19NO2/c1-14(17(19)18-16-10-6-3-7-11-16)20-13-12-15-8-4-2-5-9-15/h2-11,14H,12-13H2,1H3,(H,18,19). The topological polar surface area (TPSA) is 38.3 Å². The van der Waals surface area contributed by atoms with Crippen LogP contribution >= 0.6 is 0 Å². The molecule has 1 N–H and O–H groups in total. The Morgan fingerprint density at radius 3 is 2.30 bits per heavy atom. The Labute approximate surface area is 119 Å². The lowest BCUT2D eigenvalue weighted by Crippen LogP contribution is -2.28. The van der Waals surface area contributed by atoms with Crippen molar-refractivity contribution >= 4 is 11.6 Å². The van der Waals surface area contributed by atoms with Gasteiger partial charge in [-0.1, -0.05) is 48.5 Å². The first kappa shape index (κ1) is 14.3. The molecule has 1 unspecified atom stereocenters. The molecule has 3 heteroatoms. The smallest absolute Gasteiger partial charge is 0.253 e. The SMILES string of the molecule is CC(OCCc1ccccc1)C(=O)Nc1ccccc1. The Balaban J connectivity index is 1.74. The Kier molecular flexibility index (Phi) is 5.33. The van der Waals surface area contributed by atoms with Crippen LogP contribution in [0.5, 0.6) is 0 Å². The second kappa shape index (κ2) is 7.46. The van der Waals surface area contributed by atoms with E-state index in [0.717, 1.165) is 12.1 Å². The minimum absolute atomic E-state index is 0.121. The first-order chi connectivity index (χ1) is 9.75. The van der Waals surface area contributed by atoms with Crippen molar-refractivity contribution in [2.75, 3.05) is 11.9 Å². The van der Waals surface area contributed by atoms with Gasteiger partial charge in [-0.15, -0.1) is 0 Å². The average Bonchev–Trinajstić information content (AvgIpc) is 2.49. The molecule has 20 heavy (non-hydrogen) atoms. The Hall–Kier alpha value is -2.13. The van der Waals surface area contributed by atoms with E-state index in [-0.39, 0.29) is 5.91 Å². The third kappa shape index (κ3) is 4.52. The van der Waals surface area contributed by atoms with Gasteiger partial charge in [0.05, 0.1) is 6.61 Å². The maximum absolute atomic E-state index is 11.9. The zero-order chi connectivity index (χ0) is 14.2. The number of carbonyl (C=O) groups is 1. The van der Waals surface area contributed by atoms with Gasteiger partial charge >= 0.3 is 0 Å². The van der Waals surface area contributed by atoms with Crippen LogP contribution in [0.15, 0.2) is 60.7 Å². The molecule has 2 rings (SSSR count). The Morgan fingerprint density at radius 1 is 1.05 bits per heavy atom. The molecule has 1 atom stereocenters. The van der Waals surface area contributed by atoms with Crippen molar-refractivity contribution in [3.63, 3.8) is 0 Å². The first-order valence-electron chi connectivity index (χ1n) is 6.77. The maximum atomic E-state index is 11.9. The molecule has 0 saturated heterocycles. The van der Waals surface area contributed by atoms with Gasteiger partial charge in [0.25, 0.3) is 5.91 Å². The monoisotopic (exact) mass is 269 g/mol. The fourth-order valence-electron chi connectivity index (χ4n) is 1.84. The van der Waals surface area contributed by atoms with E-state index in [1.54, 1.807) is 6.92 Å². The number of benzene rings is 2. The molecule has 1 amide bonds. The minimum atomic E-state index is -0.459. The zero-order valence-corrected chi connectivity index (χ0v) is 11.6. The molecule has 3 nitrogen and oxygen atoms in total. The highest BCUT2D eigenvalue weighted by atomic mass is 16.5. The van der Waals surface area contributed by atoms with E-state index in [1.807, 2.05) is 48.5 Å². The molecule has 2 aromatic rings. The maximum Gasteiger partial charge on any atom is 0.253 e. The van der Waals surface area contributed by atoms with Crippen LogP contribution in [0, 0.1) is 0 Å². The molecule has 0 aliphatic heterocycles. The quantitative estimate of drug-likeness (QED) is 0.874. The Bertz CT molecular complexity index is 525. The summed E-state index contributed by atoms with van der Waals surface area (Å²) in [4.78, 5) is 11.9. The number of amides is 1. The van der Waals surface area contributed by atoms with Gasteiger partial charge in [0, 0.05) is 5.69 Å². The predicted molar refractivity (Wildman–Crippen MR) is 80.6 cm³/mol. The Morgan fingerprint density at radius 2 is 1.65 bits per heavy atom. The van der Waals surface area contributed by atoms with E-state index < -0.39 is 6.10 Å². The fraction of sp³-hybridized carbons (Fsp3) is 0.235. The molecule has 2 aromatic carbocycles. The number of carbonyl (C=O) groups excluding carboxylic acids is 1. The normalized spacial score (nSPS) is 11.8. The molecule has 104 valence electrons. The molecule has 0 bridgehead atoms. The third-order valence-electron chi connectivity index (χ3n) is 3.01. The summed E-state index contributed by atoms with van der Waals surface area (Å²) in [5, 5.41) is 2.83. The highest BCUT2D eigenvalue weighted by Crippen LogP contribution is 2.07. The van der Waals surface area contributed by atoms with Crippen molar-refractivity contribution in [3.8, 4) is 0 Å². The molecule has 0 heterocycles. The number of anilines is 1. The highest BCUT2D eigenvalue weighted by molar-refractivity contribution is 5.93. The van der Waals surface area contributed by atoms with Crippen LogP contribution in [0.25, 0.3) is 0 Å². The summed E-state index contributed by atoms with van der Waals surface area (Å²) in [7, 11) is 0. The van der Waals surface area contributed by atoms with Gasteiger partial charge < -0.3 is 10.1 Å². The lowest BCUT2D eigenvalue weighted by molar-refractivity contribution is -0.126. The largest absolute Gasteiger partial charge is 0.368 e. The minimum Gasteiger partial charge on any atom is -0.368 e. The molecule has 0 spiro atoms. The van der Waals surface area contributed by atoms with E-state index in [1.165, 1.54) is 5.56 Å². The van der Waals surface area contributed by atoms with Gasteiger partial charge in [0.15, 0.2) is 0 Å². The molecule has 0 fully saturated rings. The number of hydrogen-bond acceptors (Lipinski definition) is 2. The summed E-state index contributed by atoms with van der Waals surface area (Å²) in [5.41, 5.74) is 2.00. The number of nitrogens with one attached hydrogen (secondary N) is 1. The first-order valence-corrected chi connectivity index (χ1v) is 6.77. The highest BCUT2D eigenvalue weighted by Gasteiger charge is 2.13. The molecule has 0 radical (unpaired) electrons. The van der Waals surface area contributed by atoms with Gasteiger partial charge in [-0.3, -0.25) is 4.79 Å². The summed E-state index contributed by atoms with van der Waals surface area (Å²) >= 11 is 0. The molecule has 0 aromatic heterocycles. The van der Waals surface area contributed by atoms with Gasteiger partial charge in [-0.25, -0.2) is 0 Å². The van der Waals surface area contributed by atoms with E-state index in [2.05, 4.69) is 17.4 Å². The second-order valence-electron chi connectivity index (χ2n) is 4.60. The second-order valence-corrected chi connectivity index (χ2v) is 4.60. The van der Waals surface area contributed by atoms with Crippen molar-refractivity contribution in [1.29, 1.82) is 0 Å². The van der Waals surface area contributed by atoms with Gasteiger partial charge in [0.1, 0.15) is 6.10 Å². The van der Waals surface area contributed by atoms with Crippen LogP contribution in [0.1, 0.15) is 12.5 Å². The van der Waals surface area contributed by atoms with Crippen LogP contribution < -0.4 is 5.32 Å². The molecule has 0 saturated carbocycles. The summed E-state index contributed by atoms with van der Waals surface area (Å²) in [6.45, 7) is 2.30. The third-order valence-corrected chi connectivity index (χ3v) is 3.01. The van der Waals surface area contributed by atoms with Crippen molar-refractivity contribution < 1.29 is 9.53 Å². The lowest BCUT2D eigenvalue weighted by Gasteiger charge is -2.13. The van der Waals surface area contributed by atoms with Crippen LogP contribution in [-0.4, -0.2) is 18.6 Å². The van der Waals surface area contributed by atoms with Crippen LogP contribution in [0.3, 0.4) is 0 Å². The number of ether oxygens (including phenoxy) is 1. The number of para-hydroxylation sites is 1. The molecular formula is C17H19NO2. The van der Waals surface area contributed by atoms with Crippen molar-refractivity contribution in [2.45, 2.75) is 19.4 Å². The lowest BCUT2D eigenvalue weighted by atomic mass is 10.2. The predicted octanol–water partition coefficient (Wildman–Crippen LogP) is 3.27. The number of rotatable bonds is 6. The average molecular weight is 269 g/mol. The van der Waals surface area contributed by atoms with Crippen molar-refractivity contribution in [2.24, 2.45) is 0 Å². The summed E-state index contributed by atoms with van der Waals surface area (Å²) in [6, 6.07) is 19.5. The number of hydrogen-bond donors (Lipinski definition) is 1. The van der Waals surface area contributed by atoms with Crippen LogP contribution in [0.2, 0.25) is 0 Å². The van der Waals surface area contributed by atoms with E-state index in [0.29, 0.717) is 6.61 Å². The zero-order valence-electron chi connectivity index (χ0n) is 11.6. The molecule has 0 aliphatic rings. The summed E-state index contributed by atoms with van der Waals surface area (Å²) in [5.74, 6) is -0.121. The van der Waals surface area contributed by atoms with Crippen molar-refractivity contribution in [3.05, 3.63) is 66.2 Å². The van der Waals surface area contributed by atoms with E-state index in [9.17, 15) is 4.79 Å². The van der Waals surface area contributed by atoms with Gasteiger partial charge in [0.2, 0.25) is 0 Å². The summed E-state index contributed by atoms with van der Waals surface area (Å²) < 4.78 is 5.57. The van der Waals surface area contributed by atoms with Crippen molar-refractivity contribution in [1.82, 2.24) is 0 Å². The van der Waals surface area contributed by atoms with E-state index >= 15 is 0 Å². The molecule has 0 aliphatic carbocycles. The summed E-state index contributed by atoms with van der Waals surface area (Å²) in [6.07, 6.45) is 0.350. The molecular weight excluding hydrogens is 250 g/mol. The van der Waals surface area contributed by atoms with Crippen LogP contribution in [-0.2, 0) is 16.0 Å². The van der Waals surface area contributed by atoms with E-state index in [4.69, 9.17) is 4.74 Å². The van der Waals surface area contributed by atoms with Gasteiger partial charge in [-0.05, 0) is 31.0 Å².